The number of nitrogens with one attached hydrogen (secondary N) is 2. The van der Waals surface area contributed by atoms with Crippen molar-refractivity contribution in [1.82, 2.24) is 5.32 Å². The Morgan fingerprint density at radius 3 is 2.71 bits per heavy atom. The molecule has 0 aliphatic carbocycles. The van der Waals surface area contributed by atoms with Crippen LogP contribution in [0.2, 0.25) is 0 Å². The summed E-state index contributed by atoms with van der Waals surface area (Å²) in [6.45, 7) is 3.92. The minimum absolute atomic E-state index is 0.000623. The third kappa shape index (κ3) is 4.66. The molecule has 1 aromatic heterocycles. The van der Waals surface area contributed by atoms with E-state index < -0.39 is 5.92 Å². The highest BCUT2D eigenvalue weighted by atomic mass is 32.1. The molecule has 3 heterocycles. The summed E-state index contributed by atoms with van der Waals surface area (Å²) in [6, 6.07) is 16.7. The number of hydrogen-bond donors (Lipinski definition) is 2. The van der Waals surface area contributed by atoms with E-state index >= 15 is 0 Å². The number of thiophene rings is 1. The van der Waals surface area contributed by atoms with Crippen LogP contribution in [0.25, 0.3) is 0 Å². The third-order valence-electron chi connectivity index (χ3n) is 6.58. The third-order valence-corrected chi connectivity index (χ3v) is 7.52. The lowest BCUT2D eigenvalue weighted by molar-refractivity contribution is -0.129. The summed E-state index contributed by atoms with van der Waals surface area (Å²) in [6.07, 6.45) is 0.792. The molecule has 1 saturated heterocycles. The predicted molar refractivity (Wildman–Crippen MR) is 136 cm³/mol. The second-order valence-electron chi connectivity index (χ2n) is 9.03. The second-order valence-corrected chi connectivity index (χ2v) is 10.0. The first-order chi connectivity index (χ1) is 16.9. The number of carbonyl (C=O) groups excluding carboxylic acids is 3. The summed E-state index contributed by atoms with van der Waals surface area (Å²) in [5.41, 5.74) is 3.37. The SMILES string of the molecule is Cc1ccc(N2C(=O)CCC(C(=O)NC(C)c3ccc4c(c3)NC(=O)CO4)C2c2cccs2)cc1. The molecule has 5 rings (SSSR count). The van der Waals surface area contributed by atoms with Crippen molar-refractivity contribution in [3.05, 3.63) is 76.0 Å². The highest BCUT2D eigenvalue weighted by molar-refractivity contribution is 7.10. The van der Waals surface area contributed by atoms with Gasteiger partial charge in [-0.15, -0.1) is 11.3 Å². The topological polar surface area (TPSA) is 87.7 Å². The minimum atomic E-state index is -0.393. The van der Waals surface area contributed by atoms with Crippen molar-refractivity contribution in [3.8, 4) is 5.75 Å². The lowest BCUT2D eigenvalue weighted by atomic mass is 9.86. The lowest BCUT2D eigenvalue weighted by Crippen LogP contribution is -2.48. The van der Waals surface area contributed by atoms with Crippen molar-refractivity contribution >= 4 is 40.4 Å². The number of nitrogens with zero attached hydrogens (tertiary/aromatic N) is 1. The number of rotatable bonds is 5. The van der Waals surface area contributed by atoms with Crippen LogP contribution in [-0.2, 0) is 14.4 Å². The summed E-state index contributed by atoms with van der Waals surface area (Å²) in [5.74, 6) is -0.0542. The Labute approximate surface area is 208 Å². The van der Waals surface area contributed by atoms with E-state index in [2.05, 4.69) is 10.6 Å². The molecule has 2 aliphatic heterocycles. The molecule has 180 valence electrons. The zero-order valence-corrected chi connectivity index (χ0v) is 20.4. The lowest BCUT2D eigenvalue weighted by Gasteiger charge is -2.40. The van der Waals surface area contributed by atoms with E-state index in [1.165, 1.54) is 0 Å². The van der Waals surface area contributed by atoms with Crippen LogP contribution in [0.4, 0.5) is 11.4 Å². The number of carbonyl (C=O) groups is 3. The monoisotopic (exact) mass is 489 g/mol. The average molecular weight is 490 g/mol. The van der Waals surface area contributed by atoms with E-state index in [4.69, 9.17) is 4.74 Å². The van der Waals surface area contributed by atoms with E-state index in [1.54, 1.807) is 22.3 Å². The molecule has 3 amide bonds. The maximum atomic E-state index is 13.6. The fourth-order valence-electron chi connectivity index (χ4n) is 4.74. The zero-order chi connectivity index (χ0) is 24.5. The van der Waals surface area contributed by atoms with Crippen molar-refractivity contribution in [2.24, 2.45) is 5.92 Å². The van der Waals surface area contributed by atoms with Crippen LogP contribution in [0.15, 0.2) is 60.0 Å². The molecule has 0 bridgehead atoms. The number of hydrogen-bond acceptors (Lipinski definition) is 5. The Morgan fingerprint density at radius 2 is 1.97 bits per heavy atom. The molecular weight excluding hydrogens is 462 g/mol. The van der Waals surface area contributed by atoms with Crippen LogP contribution >= 0.6 is 11.3 Å². The minimum Gasteiger partial charge on any atom is -0.482 e. The zero-order valence-electron chi connectivity index (χ0n) is 19.6. The summed E-state index contributed by atoms with van der Waals surface area (Å²) < 4.78 is 5.44. The van der Waals surface area contributed by atoms with Gasteiger partial charge in [0.05, 0.1) is 23.7 Å². The molecule has 2 N–H and O–H groups in total. The summed E-state index contributed by atoms with van der Waals surface area (Å²) in [5, 5.41) is 7.93. The first kappa shape index (κ1) is 23.1. The number of amides is 3. The molecule has 0 radical (unpaired) electrons. The van der Waals surface area contributed by atoms with Crippen LogP contribution in [0.3, 0.4) is 0 Å². The van der Waals surface area contributed by atoms with Gasteiger partial charge >= 0.3 is 0 Å². The van der Waals surface area contributed by atoms with Crippen LogP contribution in [-0.4, -0.2) is 24.3 Å². The van der Waals surface area contributed by atoms with E-state index in [9.17, 15) is 14.4 Å². The number of benzene rings is 2. The van der Waals surface area contributed by atoms with Gasteiger partial charge in [0.15, 0.2) is 6.61 Å². The standard InChI is InChI=1S/C27H27N3O4S/c1-16-5-8-19(9-6-16)30-25(32)12-10-20(26(30)23-4-3-13-35-23)27(33)28-17(2)18-7-11-22-21(14-18)29-24(31)15-34-22/h3-9,11,13-14,17,20,26H,10,12,15H2,1-2H3,(H,28,33)(H,29,31). The summed E-state index contributed by atoms with van der Waals surface area (Å²) >= 11 is 1.56. The Kier molecular flexibility index (Phi) is 6.30. The van der Waals surface area contributed by atoms with Gasteiger partial charge in [-0.1, -0.05) is 29.8 Å². The molecule has 8 heteroatoms. The molecule has 2 aromatic carbocycles. The highest BCUT2D eigenvalue weighted by Crippen LogP contribution is 2.42. The molecule has 1 fully saturated rings. The van der Waals surface area contributed by atoms with Gasteiger partial charge in [0.25, 0.3) is 5.91 Å². The van der Waals surface area contributed by atoms with Gasteiger partial charge in [-0.3, -0.25) is 14.4 Å². The fourth-order valence-corrected chi connectivity index (χ4v) is 5.62. The molecule has 35 heavy (non-hydrogen) atoms. The number of ether oxygens (including phenoxy) is 1. The first-order valence-corrected chi connectivity index (χ1v) is 12.6. The quantitative estimate of drug-likeness (QED) is 0.542. The molecule has 2 aliphatic rings. The van der Waals surface area contributed by atoms with E-state index in [-0.39, 0.29) is 36.4 Å². The van der Waals surface area contributed by atoms with Gasteiger partial charge in [0.2, 0.25) is 11.8 Å². The van der Waals surface area contributed by atoms with Crippen LogP contribution in [0, 0.1) is 12.8 Å². The Bertz CT molecular complexity index is 1260. The number of aryl methyl sites for hydroxylation is 1. The molecular formula is C27H27N3O4S. The van der Waals surface area contributed by atoms with Gasteiger partial charge < -0.3 is 20.3 Å². The summed E-state index contributed by atoms with van der Waals surface area (Å²) in [4.78, 5) is 41.2. The number of piperidine rings is 1. The molecule has 0 spiro atoms. The Balaban J connectivity index is 1.41. The molecule has 0 saturated carbocycles. The van der Waals surface area contributed by atoms with Crippen molar-refractivity contribution in [1.29, 1.82) is 0 Å². The Morgan fingerprint density at radius 1 is 1.17 bits per heavy atom. The van der Waals surface area contributed by atoms with Crippen molar-refractivity contribution < 1.29 is 19.1 Å². The first-order valence-electron chi connectivity index (χ1n) is 11.7. The maximum absolute atomic E-state index is 13.6. The van der Waals surface area contributed by atoms with Crippen molar-refractivity contribution in [2.45, 2.75) is 38.8 Å². The van der Waals surface area contributed by atoms with Crippen LogP contribution < -0.4 is 20.3 Å². The fraction of sp³-hybridized carbons (Fsp3) is 0.296. The van der Waals surface area contributed by atoms with E-state index in [1.807, 2.05) is 67.8 Å². The Hall–Kier alpha value is -3.65. The molecule has 3 atom stereocenters. The van der Waals surface area contributed by atoms with Gasteiger partial charge in [-0.05, 0) is 61.5 Å². The predicted octanol–water partition coefficient (Wildman–Crippen LogP) is 4.75. The van der Waals surface area contributed by atoms with Crippen LogP contribution in [0.5, 0.6) is 5.75 Å². The van der Waals surface area contributed by atoms with Crippen LogP contribution in [0.1, 0.15) is 47.9 Å². The normalized spacial score (nSPS) is 20.5. The molecule has 7 nitrogen and oxygen atoms in total. The van der Waals surface area contributed by atoms with Crippen molar-refractivity contribution in [2.75, 3.05) is 16.8 Å². The molecule has 3 unspecified atom stereocenters. The largest absolute Gasteiger partial charge is 0.482 e. The van der Waals surface area contributed by atoms with E-state index in [0.717, 1.165) is 21.7 Å². The highest BCUT2D eigenvalue weighted by Gasteiger charge is 2.42. The number of fused-ring (bicyclic) bond motifs is 1. The summed E-state index contributed by atoms with van der Waals surface area (Å²) in [7, 11) is 0. The van der Waals surface area contributed by atoms with E-state index in [0.29, 0.717) is 24.3 Å². The van der Waals surface area contributed by atoms with Gasteiger partial charge in [-0.25, -0.2) is 0 Å². The smallest absolute Gasteiger partial charge is 0.262 e. The average Bonchev–Trinajstić information content (AvgIpc) is 3.38. The molecule has 3 aromatic rings. The van der Waals surface area contributed by atoms with Gasteiger partial charge in [0.1, 0.15) is 5.75 Å². The van der Waals surface area contributed by atoms with Crippen molar-refractivity contribution in [3.63, 3.8) is 0 Å². The van der Waals surface area contributed by atoms with Gasteiger partial charge in [-0.2, -0.15) is 0 Å². The number of anilines is 2. The maximum Gasteiger partial charge on any atom is 0.262 e. The second kappa shape index (κ2) is 9.54. The van der Waals surface area contributed by atoms with Gasteiger partial charge in [0, 0.05) is 17.0 Å².